The summed E-state index contributed by atoms with van der Waals surface area (Å²) in [5, 5.41) is 6.59. The van der Waals surface area contributed by atoms with Crippen molar-refractivity contribution in [3.8, 4) is 0 Å². The topological polar surface area (TPSA) is 104 Å². The minimum Gasteiger partial charge on any atom is -1.00 e. The largest absolute Gasteiger partial charge is 1.00 e. The Kier molecular flexibility index (Phi) is 9.92. The molecule has 0 spiro atoms. The van der Waals surface area contributed by atoms with Crippen molar-refractivity contribution in [3.63, 3.8) is 0 Å². The lowest BCUT2D eigenvalue weighted by atomic mass is 9.70. The first-order valence-electron chi connectivity index (χ1n) is 9.46. The Morgan fingerprint density at radius 3 is 2.39 bits per heavy atom. The zero-order valence-electron chi connectivity index (χ0n) is 16.7. The lowest BCUT2D eigenvalue weighted by molar-refractivity contribution is -0.214. The number of carbonyl (C=O) groups excluding carboxylic acids is 2. The summed E-state index contributed by atoms with van der Waals surface area (Å²) >= 11 is 5.01. The number of nitrogens with one attached hydrogen (secondary N) is 2. The monoisotopic (exact) mass is 431 g/mol. The predicted molar refractivity (Wildman–Crippen MR) is 105 cm³/mol. The van der Waals surface area contributed by atoms with E-state index in [0.717, 1.165) is 25.7 Å². The van der Waals surface area contributed by atoms with Crippen LogP contribution < -0.4 is 28.8 Å². The average molecular weight is 432 g/mol. The second-order valence-electron chi connectivity index (χ2n) is 6.92. The van der Waals surface area contributed by atoms with Gasteiger partial charge in [-0.3, -0.25) is 0 Å². The predicted octanol–water partition coefficient (Wildman–Crippen LogP) is -1.83. The molecule has 1 heterocycles. The summed E-state index contributed by atoms with van der Waals surface area (Å²) in [6.07, 6.45) is 5.30. The fraction of sp³-hybridized carbons (Fsp3) is 0.632. The fourth-order valence-corrected chi connectivity index (χ4v) is 4.11. The molecule has 7 nitrogen and oxygen atoms in total. The first-order valence-corrected chi connectivity index (χ1v) is 9.87. The summed E-state index contributed by atoms with van der Waals surface area (Å²) < 4.78 is 10.4. The van der Waals surface area contributed by atoms with E-state index in [1.54, 1.807) is 6.92 Å². The van der Waals surface area contributed by atoms with Gasteiger partial charge in [0, 0.05) is 29.5 Å². The summed E-state index contributed by atoms with van der Waals surface area (Å²) in [6, 6.07) is 0. The number of thiocarbonyl (C=S) groups is 1. The molecule has 2 aliphatic rings. The van der Waals surface area contributed by atoms with E-state index in [4.69, 9.17) is 21.7 Å². The molecule has 0 amide bonds. The molecule has 28 heavy (non-hydrogen) atoms. The van der Waals surface area contributed by atoms with Gasteiger partial charge in [0.1, 0.15) is 0 Å². The first kappa shape index (κ1) is 24.4. The van der Waals surface area contributed by atoms with Gasteiger partial charge >= 0.3 is 11.9 Å². The van der Waals surface area contributed by atoms with Crippen LogP contribution in [-0.4, -0.2) is 37.3 Å². The molecule has 0 radical (unpaired) electrons. The molecule has 0 aromatic carbocycles. The number of halogens is 1. The summed E-state index contributed by atoms with van der Waals surface area (Å²) in [5.74, 6) is -0.947. The number of carbonyl (C=O) groups is 2. The van der Waals surface area contributed by atoms with Gasteiger partial charge in [-0.1, -0.05) is 19.3 Å². The summed E-state index contributed by atoms with van der Waals surface area (Å²) in [6.45, 7) is 4.21. The standard InChI is InChI=1S/C19H29N3O4S.ClH/c1-4-26-18(24)16-13(10-21-19(20)27)22-11(2)14(17(23)25-3)15(16)12-8-6-5-7-9-12;/h12,15,22H,4-10H2,1-3H3,(H3,20,21,27);1H. The maximum Gasteiger partial charge on any atom is 0.336 e. The van der Waals surface area contributed by atoms with Crippen LogP contribution in [0.2, 0.25) is 0 Å². The number of methoxy groups -OCH3 is 1. The normalized spacial score (nSPS) is 20.1. The second-order valence-corrected chi connectivity index (χ2v) is 7.41. The first-order chi connectivity index (χ1) is 12.9. The van der Waals surface area contributed by atoms with E-state index in [1.807, 2.05) is 6.92 Å². The smallest absolute Gasteiger partial charge is 0.336 e. The molecule has 158 valence electrons. The van der Waals surface area contributed by atoms with Crippen molar-refractivity contribution in [3.05, 3.63) is 22.5 Å². The van der Waals surface area contributed by atoms with Gasteiger partial charge in [-0.25, -0.2) is 9.59 Å². The summed E-state index contributed by atoms with van der Waals surface area (Å²) in [4.78, 5) is 25.5. The molecular formula is C19H30ClN3O4S. The number of hydrogen-bond donors (Lipinski definition) is 3. The van der Waals surface area contributed by atoms with Crippen LogP contribution in [-0.2, 0) is 19.1 Å². The minimum atomic E-state index is -0.405. The van der Waals surface area contributed by atoms with Crippen LogP contribution in [0.4, 0.5) is 0 Å². The molecule has 1 unspecified atom stereocenters. The van der Waals surface area contributed by atoms with Gasteiger partial charge in [-0.05, 0) is 32.6 Å². The van der Waals surface area contributed by atoms with Crippen molar-refractivity contribution in [2.75, 3.05) is 20.3 Å². The molecule has 9 heteroatoms. The van der Waals surface area contributed by atoms with Crippen LogP contribution >= 0.6 is 12.2 Å². The van der Waals surface area contributed by atoms with Crippen molar-refractivity contribution in [2.45, 2.75) is 46.0 Å². The molecule has 1 saturated carbocycles. The van der Waals surface area contributed by atoms with Gasteiger partial charge in [-0.2, -0.15) is 0 Å². The van der Waals surface area contributed by atoms with Crippen molar-refractivity contribution in [2.24, 2.45) is 11.8 Å². The molecule has 0 aromatic heterocycles. The lowest BCUT2D eigenvalue weighted by Gasteiger charge is -2.37. The van der Waals surface area contributed by atoms with Crippen LogP contribution in [0.25, 0.3) is 0 Å². The fourth-order valence-electron chi connectivity index (χ4n) is 4.04. The third-order valence-corrected chi connectivity index (χ3v) is 5.32. The second kappa shape index (κ2) is 11.4. The Morgan fingerprint density at radius 1 is 1.21 bits per heavy atom. The molecule has 0 aromatic rings. The highest BCUT2D eigenvalue weighted by Gasteiger charge is 2.42. The maximum absolute atomic E-state index is 12.9. The number of quaternary nitrogens is 1. The maximum atomic E-state index is 12.9. The van der Waals surface area contributed by atoms with Crippen LogP contribution in [0.3, 0.4) is 0 Å². The molecule has 1 fully saturated rings. The van der Waals surface area contributed by atoms with Crippen molar-refractivity contribution < 1.29 is 37.2 Å². The van der Waals surface area contributed by atoms with Crippen molar-refractivity contribution in [1.82, 2.24) is 10.6 Å². The highest BCUT2D eigenvalue weighted by atomic mass is 35.5. The highest BCUT2D eigenvalue weighted by molar-refractivity contribution is 7.79. The van der Waals surface area contributed by atoms with Gasteiger partial charge in [0.05, 0.1) is 31.4 Å². The Hall–Kier alpha value is -1.64. The van der Waals surface area contributed by atoms with Gasteiger partial charge in [0.25, 0.3) is 5.11 Å². The molecule has 1 aliphatic carbocycles. The number of rotatable bonds is 6. The van der Waals surface area contributed by atoms with Crippen molar-refractivity contribution >= 4 is 29.3 Å². The zero-order valence-corrected chi connectivity index (χ0v) is 18.3. The molecular weight excluding hydrogens is 402 g/mol. The average Bonchev–Trinajstić information content (AvgIpc) is 2.65. The van der Waals surface area contributed by atoms with Crippen LogP contribution in [0, 0.1) is 11.8 Å². The van der Waals surface area contributed by atoms with Gasteiger partial charge in [0.2, 0.25) is 0 Å². The number of ether oxygens (including phenoxy) is 2. The van der Waals surface area contributed by atoms with Gasteiger partial charge < -0.3 is 38.2 Å². The third kappa shape index (κ3) is 5.68. The van der Waals surface area contributed by atoms with Crippen LogP contribution in [0.1, 0.15) is 46.0 Å². The Morgan fingerprint density at radius 2 is 1.86 bits per heavy atom. The van der Waals surface area contributed by atoms with Gasteiger partial charge in [0.15, 0.2) is 0 Å². The van der Waals surface area contributed by atoms with Crippen LogP contribution in [0.5, 0.6) is 0 Å². The Bertz CT molecular complexity index is 672. The van der Waals surface area contributed by atoms with Crippen LogP contribution in [0.15, 0.2) is 22.5 Å². The van der Waals surface area contributed by atoms with E-state index >= 15 is 0 Å². The SMILES string of the molecule is CCOC(=O)C1=C(CNC([NH3+])=S)NC(C)=C(C(=O)OC)C1C1CCCCC1.[Cl-]. The van der Waals surface area contributed by atoms with E-state index in [-0.39, 0.29) is 30.8 Å². The van der Waals surface area contributed by atoms with E-state index in [1.165, 1.54) is 13.5 Å². The summed E-state index contributed by atoms with van der Waals surface area (Å²) in [5.41, 5.74) is 6.09. The van der Waals surface area contributed by atoms with E-state index < -0.39 is 11.9 Å². The summed E-state index contributed by atoms with van der Waals surface area (Å²) in [7, 11) is 1.37. The van der Waals surface area contributed by atoms with Gasteiger partial charge in [-0.15, -0.1) is 0 Å². The van der Waals surface area contributed by atoms with E-state index in [2.05, 4.69) is 16.4 Å². The quantitative estimate of drug-likeness (QED) is 0.335. The van der Waals surface area contributed by atoms with E-state index in [9.17, 15) is 9.59 Å². The highest BCUT2D eigenvalue weighted by Crippen LogP contribution is 2.42. The zero-order chi connectivity index (χ0) is 20.0. The molecule has 1 aliphatic heterocycles. The third-order valence-electron chi connectivity index (χ3n) is 5.17. The number of esters is 2. The molecule has 0 bridgehead atoms. The Balaban J connectivity index is 0.00000392. The lowest BCUT2D eigenvalue weighted by Crippen LogP contribution is -3.00. The minimum absolute atomic E-state index is 0. The number of dihydropyridines is 1. The number of hydrogen-bond acceptors (Lipinski definition) is 6. The van der Waals surface area contributed by atoms with Crippen molar-refractivity contribution in [1.29, 1.82) is 0 Å². The number of allylic oxidation sites excluding steroid dienone is 1. The molecule has 0 saturated heterocycles. The molecule has 1 atom stereocenters. The Labute approximate surface area is 177 Å². The molecule has 2 rings (SSSR count). The van der Waals surface area contributed by atoms with E-state index in [0.29, 0.717) is 34.2 Å². The molecule has 5 N–H and O–H groups in total.